The van der Waals surface area contributed by atoms with Gasteiger partial charge in [-0.15, -0.1) is 0 Å². The summed E-state index contributed by atoms with van der Waals surface area (Å²) in [5.74, 6) is 0.633. The second-order valence-corrected chi connectivity index (χ2v) is 12.2. The third kappa shape index (κ3) is 5.67. The van der Waals surface area contributed by atoms with Gasteiger partial charge in [0.2, 0.25) is 5.89 Å². The number of nitrogens with zero attached hydrogens (tertiary/aromatic N) is 2. The van der Waals surface area contributed by atoms with Gasteiger partial charge in [-0.1, -0.05) is 109 Å². The monoisotopic (exact) mass is 618 g/mol. The third-order valence-corrected chi connectivity index (χ3v) is 8.84. The minimum absolute atomic E-state index is 0.633. The van der Waals surface area contributed by atoms with E-state index in [1.807, 2.05) is 24.3 Å². The normalized spacial score (nSPS) is 11.1. The van der Waals surface area contributed by atoms with Crippen molar-refractivity contribution in [3.63, 3.8) is 0 Å². The number of fused-ring (bicyclic) bond motifs is 1. The molecule has 8 rings (SSSR count). The van der Waals surface area contributed by atoms with Crippen LogP contribution in [0.4, 0.5) is 17.1 Å². The summed E-state index contributed by atoms with van der Waals surface area (Å²) < 4.78 is 6.03. The largest absolute Gasteiger partial charge is 0.436 e. The van der Waals surface area contributed by atoms with Gasteiger partial charge in [-0.05, 0) is 119 Å². The minimum atomic E-state index is 0.633. The lowest BCUT2D eigenvalue weighted by atomic mass is 9.89. The molecular weight excluding hydrogens is 585 g/mol. The van der Waals surface area contributed by atoms with Crippen LogP contribution in [0, 0.1) is 13.8 Å². The van der Waals surface area contributed by atoms with E-state index in [2.05, 4.69) is 169 Å². The predicted molar refractivity (Wildman–Crippen MR) is 200 cm³/mol. The Hall–Kier alpha value is -6.19. The lowest BCUT2D eigenvalue weighted by Gasteiger charge is -2.26. The van der Waals surface area contributed by atoms with E-state index in [-0.39, 0.29) is 0 Å². The van der Waals surface area contributed by atoms with Crippen LogP contribution < -0.4 is 4.90 Å². The Bertz CT molecular complexity index is 2290. The van der Waals surface area contributed by atoms with Crippen LogP contribution in [0.15, 0.2) is 174 Å². The van der Waals surface area contributed by atoms with Crippen molar-refractivity contribution in [1.82, 2.24) is 4.98 Å². The van der Waals surface area contributed by atoms with Gasteiger partial charge in [-0.25, -0.2) is 4.98 Å². The summed E-state index contributed by atoms with van der Waals surface area (Å²) >= 11 is 0. The minimum Gasteiger partial charge on any atom is -0.436 e. The molecule has 0 spiro atoms. The molecule has 3 heteroatoms. The molecule has 0 amide bonds. The van der Waals surface area contributed by atoms with Crippen molar-refractivity contribution in [2.75, 3.05) is 4.90 Å². The number of rotatable bonds is 7. The fourth-order valence-electron chi connectivity index (χ4n) is 6.50. The Labute approximate surface area is 281 Å². The van der Waals surface area contributed by atoms with Gasteiger partial charge in [-0.2, -0.15) is 0 Å². The average Bonchev–Trinajstić information content (AvgIpc) is 3.57. The zero-order valence-corrected chi connectivity index (χ0v) is 27.0. The van der Waals surface area contributed by atoms with Gasteiger partial charge in [0, 0.05) is 22.6 Å². The molecule has 1 heterocycles. The van der Waals surface area contributed by atoms with Crippen LogP contribution in [0.1, 0.15) is 11.1 Å². The summed E-state index contributed by atoms with van der Waals surface area (Å²) in [6, 6.07) is 60.0. The summed E-state index contributed by atoms with van der Waals surface area (Å²) in [6.07, 6.45) is 0. The summed E-state index contributed by atoms with van der Waals surface area (Å²) in [5, 5.41) is 0. The van der Waals surface area contributed by atoms with Crippen molar-refractivity contribution in [3.8, 4) is 44.8 Å². The zero-order chi connectivity index (χ0) is 32.5. The van der Waals surface area contributed by atoms with Gasteiger partial charge in [0.15, 0.2) is 5.58 Å². The number of oxazole rings is 1. The lowest BCUT2D eigenvalue weighted by molar-refractivity contribution is 0.620. The highest BCUT2D eigenvalue weighted by Gasteiger charge is 2.16. The number of hydrogen-bond acceptors (Lipinski definition) is 3. The van der Waals surface area contributed by atoms with Gasteiger partial charge >= 0.3 is 0 Å². The molecule has 7 aromatic carbocycles. The molecule has 1 aromatic heterocycles. The summed E-state index contributed by atoms with van der Waals surface area (Å²) in [7, 11) is 0. The van der Waals surface area contributed by atoms with Gasteiger partial charge in [-0.3, -0.25) is 0 Å². The fraction of sp³-hybridized carbons (Fsp3) is 0.0444. The molecule has 0 aliphatic rings. The van der Waals surface area contributed by atoms with Crippen molar-refractivity contribution in [1.29, 1.82) is 0 Å². The summed E-state index contributed by atoms with van der Waals surface area (Å²) in [6.45, 7) is 4.28. The quantitative estimate of drug-likeness (QED) is 0.178. The first-order valence-corrected chi connectivity index (χ1v) is 16.3. The first-order chi connectivity index (χ1) is 23.6. The zero-order valence-electron chi connectivity index (χ0n) is 27.0. The smallest absolute Gasteiger partial charge is 0.227 e. The maximum Gasteiger partial charge on any atom is 0.227 e. The number of aromatic nitrogens is 1. The van der Waals surface area contributed by atoms with Crippen molar-refractivity contribution < 1.29 is 4.42 Å². The van der Waals surface area contributed by atoms with E-state index in [4.69, 9.17) is 4.42 Å². The highest BCUT2D eigenvalue weighted by molar-refractivity contribution is 5.92. The topological polar surface area (TPSA) is 29.3 Å². The van der Waals surface area contributed by atoms with Gasteiger partial charge in [0.05, 0.1) is 0 Å². The van der Waals surface area contributed by atoms with Crippen LogP contribution in [-0.4, -0.2) is 4.98 Å². The average molecular weight is 619 g/mol. The van der Waals surface area contributed by atoms with E-state index in [1.165, 1.54) is 38.9 Å². The molecular formula is C45H34N2O. The van der Waals surface area contributed by atoms with E-state index < -0.39 is 0 Å². The Balaban J connectivity index is 1.15. The molecule has 0 fully saturated rings. The Morgan fingerprint density at radius 2 is 0.896 bits per heavy atom. The van der Waals surface area contributed by atoms with E-state index in [0.717, 1.165) is 39.3 Å². The van der Waals surface area contributed by atoms with Gasteiger partial charge < -0.3 is 9.32 Å². The van der Waals surface area contributed by atoms with Gasteiger partial charge in [0.1, 0.15) is 5.52 Å². The Morgan fingerprint density at radius 3 is 1.44 bits per heavy atom. The number of aryl methyl sites for hydroxylation is 2. The van der Waals surface area contributed by atoms with Crippen LogP contribution in [0.2, 0.25) is 0 Å². The Morgan fingerprint density at radius 1 is 0.417 bits per heavy atom. The number of para-hydroxylation sites is 2. The first kappa shape index (κ1) is 29.2. The number of benzene rings is 7. The molecule has 0 aliphatic carbocycles. The molecule has 0 atom stereocenters. The number of anilines is 3. The predicted octanol–water partition coefficient (Wildman–Crippen LogP) is 12.6. The van der Waals surface area contributed by atoms with Crippen LogP contribution in [0.3, 0.4) is 0 Å². The molecule has 0 radical (unpaired) electrons. The van der Waals surface area contributed by atoms with Gasteiger partial charge in [0.25, 0.3) is 0 Å². The van der Waals surface area contributed by atoms with E-state index in [0.29, 0.717) is 5.89 Å². The van der Waals surface area contributed by atoms with Crippen molar-refractivity contribution in [2.24, 2.45) is 0 Å². The van der Waals surface area contributed by atoms with Crippen LogP contribution in [0.5, 0.6) is 0 Å². The highest BCUT2D eigenvalue weighted by Crippen LogP contribution is 2.41. The fourth-order valence-corrected chi connectivity index (χ4v) is 6.50. The molecule has 0 saturated heterocycles. The maximum atomic E-state index is 6.03. The third-order valence-electron chi connectivity index (χ3n) is 8.84. The first-order valence-electron chi connectivity index (χ1n) is 16.3. The molecule has 230 valence electrons. The molecule has 8 aromatic rings. The summed E-state index contributed by atoms with van der Waals surface area (Å²) in [5.41, 5.74) is 15.5. The molecule has 0 N–H and O–H groups in total. The number of hydrogen-bond donors (Lipinski definition) is 0. The second-order valence-electron chi connectivity index (χ2n) is 12.2. The van der Waals surface area contributed by atoms with Crippen LogP contribution in [0.25, 0.3) is 55.9 Å². The van der Waals surface area contributed by atoms with E-state index in [1.54, 1.807) is 0 Å². The maximum absolute atomic E-state index is 6.03. The molecule has 3 nitrogen and oxygen atoms in total. The highest BCUT2D eigenvalue weighted by atomic mass is 16.3. The van der Waals surface area contributed by atoms with E-state index >= 15 is 0 Å². The molecule has 0 aliphatic heterocycles. The lowest BCUT2D eigenvalue weighted by Crippen LogP contribution is -2.10. The Kier molecular flexibility index (Phi) is 7.64. The standard InChI is InChI=1S/C45H34N2O/c1-31-11-9-13-37(29-31)47(38-14-10-12-32(2)30-38)36-27-25-34(26-28-36)40-16-4-6-18-42(40)41-17-5-3-15-39(41)33-21-23-35(24-22-33)45-46-43-19-7-8-20-44(43)48-45/h3-30H,1-2H3. The molecule has 0 saturated carbocycles. The molecule has 48 heavy (non-hydrogen) atoms. The molecule has 0 bridgehead atoms. The second kappa shape index (κ2) is 12.5. The van der Waals surface area contributed by atoms with Crippen LogP contribution in [-0.2, 0) is 0 Å². The van der Waals surface area contributed by atoms with Crippen molar-refractivity contribution >= 4 is 28.2 Å². The SMILES string of the molecule is Cc1cccc(N(c2ccc(-c3ccccc3-c3ccccc3-c3ccc(-c4nc5ccccc5o4)cc3)cc2)c2cccc(C)c2)c1. The van der Waals surface area contributed by atoms with E-state index in [9.17, 15) is 0 Å². The van der Waals surface area contributed by atoms with Crippen molar-refractivity contribution in [2.45, 2.75) is 13.8 Å². The summed E-state index contributed by atoms with van der Waals surface area (Å²) in [4.78, 5) is 7.01. The van der Waals surface area contributed by atoms with Crippen LogP contribution >= 0.6 is 0 Å². The van der Waals surface area contributed by atoms with Crippen molar-refractivity contribution in [3.05, 3.63) is 181 Å². The molecule has 0 unspecified atom stereocenters.